The Morgan fingerprint density at radius 1 is 1.46 bits per heavy atom. The molecule has 0 N–H and O–H groups in total. The minimum atomic E-state index is -2.58. The van der Waals surface area contributed by atoms with Crippen LogP contribution < -0.4 is 0 Å². The van der Waals surface area contributed by atoms with Gasteiger partial charge in [0.1, 0.15) is 10.4 Å². The highest BCUT2D eigenvalue weighted by atomic mass is 32.1. The summed E-state index contributed by atoms with van der Waals surface area (Å²) in [7, 11) is 0. The van der Waals surface area contributed by atoms with Crippen molar-refractivity contribution in [1.82, 2.24) is 10.2 Å². The Morgan fingerprint density at radius 2 is 2.15 bits per heavy atom. The molecule has 1 aliphatic rings. The average molecular weight is 201 g/mol. The van der Waals surface area contributed by atoms with E-state index in [4.69, 9.17) is 5.26 Å². The van der Waals surface area contributed by atoms with E-state index in [0.29, 0.717) is 17.8 Å². The van der Waals surface area contributed by atoms with Crippen molar-refractivity contribution in [2.45, 2.75) is 24.7 Å². The lowest BCUT2D eigenvalue weighted by Gasteiger charge is -1.95. The predicted molar refractivity (Wildman–Crippen MR) is 41.4 cm³/mol. The van der Waals surface area contributed by atoms with Gasteiger partial charge in [0, 0.05) is 0 Å². The molecular weight excluding hydrogens is 196 g/mol. The zero-order valence-corrected chi connectivity index (χ0v) is 7.31. The highest BCUT2D eigenvalue weighted by molar-refractivity contribution is 7.11. The summed E-state index contributed by atoms with van der Waals surface area (Å²) in [6.45, 7) is 0. The van der Waals surface area contributed by atoms with Gasteiger partial charge in [-0.3, -0.25) is 0 Å². The second-order valence-electron chi connectivity index (χ2n) is 2.94. The van der Waals surface area contributed by atoms with Crippen LogP contribution in [-0.4, -0.2) is 10.2 Å². The molecule has 1 saturated carbocycles. The molecule has 0 aromatic carbocycles. The number of nitriles is 1. The van der Waals surface area contributed by atoms with Crippen LogP contribution in [0.2, 0.25) is 0 Å². The molecule has 13 heavy (non-hydrogen) atoms. The van der Waals surface area contributed by atoms with E-state index in [9.17, 15) is 8.78 Å². The largest absolute Gasteiger partial charge is 0.291 e. The average Bonchev–Trinajstić information content (AvgIpc) is 2.75. The zero-order valence-electron chi connectivity index (χ0n) is 6.50. The van der Waals surface area contributed by atoms with E-state index >= 15 is 0 Å². The molecule has 2 rings (SSSR count). The van der Waals surface area contributed by atoms with Gasteiger partial charge >= 0.3 is 0 Å². The normalized spacial score (nSPS) is 18.6. The third-order valence-corrected chi connectivity index (χ3v) is 3.14. The zero-order chi connectivity index (χ0) is 9.47. The van der Waals surface area contributed by atoms with E-state index in [-0.39, 0.29) is 5.01 Å². The fourth-order valence-electron chi connectivity index (χ4n) is 1.01. The highest BCUT2D eigenvalue weighted by Gasteiger charge is 2.48. The van der Waals surface area contributed by atoms with Crippen LogP contribution in [-0.2, 0) is 5.41 Å². The first-order chi connectivity index (χ1) is 6.18. The minimum absolute atomic E-state index is 0.295. The van der Waals surface area contributed by atoms with Gasteiger partial charge in [-0.15, -0.1) is 10.2 Å². The third kappa shape index (κ3) is 1.29. The maximum absolute atomic E-state index is 12.1. The first-order valence-corrected chi connectivity index (χ1v) is 4.53. The van der Waals surface area contributed by atoms with Gasteiger partial charge in [0.15, 0.2) is 5.01 Å². The van der Waals surface area contributed by atoms with Gasteiger partial charge in [-0.1, -0.05) is 11.3 Å². The first kappa shape index (κ1) is 8.51. The molecule has 0 aliphatic heterocycles. The lowest BCUT2D eigenvalue weighted by Crippen LogP contribution is -2.00. The van der Waals surface area contributed by atoms with Crippen molar-refractivity contribution in [3.8, 4) is 6.07 Å². The van der Waals surface area contributed by atoms with Gasteiger partial charge in [-0.2, -0.15) is 5.26 Å². The highest BCUT2D eigenvalue weighted by Crippen LogP contribution is 2.48. The molecule has 68 valence electrons. The third-order valence-electron chi connectivity index (χ3n) is 2.00. The summed E-state index contributed by atoms with van der Waals surface area (Å²) >= 11 is 0.840. The fourth-order valence-corrected chi connectivity index (χ4v) is 1.91. The number of nitrogens with zero attached hydrogens (tertiary/aromatic N) is 3. The summed E-state index contributed by atoms with van der Waals surface area (Å²) in [6.07, 6.45) is -1.16. The summed E-state index contributed by atoms with van der Waals surface area (Å²) < 4.78 is 24.2. The second kappa shape index (κ2) is 2.70. The molecule has 0 atom stereocenters. The van der Waals surface area contributed by atoms with Crippen LogP contribution in [0.3, 0.4) is 0 Å². The van der Waals surface area contributed by atoms with Crippen molar-refractivity contribution in [3.63, 3.8) is 0 Å². The van der Waals surface area contributed by atoms with Crippen LogP contribution in [0.1, 0.15) is 29.3 Å². The number of halogens is 2. The Hall–Kier alpha value is -1.09. The maximum Gasteiger partial charge on any atom is 0.291 e. The van der Waals surface area contributed by atoms with E-state index in [2.05, 4.69) is 16.3 Å². The van der Waals surface area contributed by atoms with Crippen LogP contribution >= 0.6 is 11.3 Å². The Bertz CT molecular complexity index is 364. The Labute approximate surface area is 77.0 Å². The topological polar surface area (TPSA) is 49.6 Å². The summed E-state index contributed by atoms with van der Waals surface area (Å²) in [5, 5.41) is 15.8. The van der Waals surface area contributed by atoms with Crippen molar-refractivity contribution < 1.29 is 8.78 Å². The van der Waals surface area contributed by atoms with Crippen LogP contribution in [0.5, 0.6) is 0 Å². The van der Waals surface area contributed by atoms with Crippen molar-refractivity contribution in [2.24, 2.45) is 0 Å². The molecular formula is C7H5F2N3S. The van der Waals surface area contributed by atoms with Crippen molar-refractivity contribution in [2.75, 3.05) is 0 Å². The van der Waals surface area contributed by atoms with Crippen LogP contribution in [0, 0.1) is 11.3 Å². The Kier molecular flexibility index (Phi) is 1.77. The smallest absolute Gasteiger partial charge is 0.202 e. The maximum atomic E-state index is 12.1. The monoisotopic (exact) mass is 201 g/mol. The van der Waals surface area contributed by atoms with Crippen molar-refractivity contribution in [1.29, 1.82) is 5.26 Å². The second-order valence-corrected chi connectivity index (χ2v) is 3.95. The Morgan fingerprint density at radius 3 is 2.54 bits per heavy atom. The summed E-state index contributed by atoms with van der Waals surface area (Å²) in [4.78, 5) is 0. The van der Waals surface area contributed by atoms with E-state index in [1.165, 1.54) is 0 Å². The molecule has 0 radical (unpaired) electrons. The van der Waals surface area contributed by atoms with Gasteiger partial charge in [0.2, 0.25) is 0 Å². The Balaban J connectivity index is 2.29. The van der Waals surface area contributed by atoms with E-state index in [1.54, 1.807) is 0 Å². The molecule has 0 bridgehead atoms. The first-order valence-electron chi connectivity index (χ1n) is 3.71. The fraction of sp³-hybridized carbons (Fsp3) is 0.571. The summed E-state index contributed by atoms with van der Waals surface area (Å²) in [5.74, 6) is 0. The quantitative estimate of drug-likeness (QED) is 0.735. The molecule has 6 heteroatoms. The molecule has 1 heterocycles. The number of rotatable bonds is 2. The van der Waals surface area contributed by atoms with Crippen LogP contribution in [0.25, 0.3) is 0 Å². The van der Waals surface area contributed by atoms with Gasteiger partial charge in [-0.25, -0.2) is 8.78 Å². The van der Waals surface area contributed by atoms with Crippen molar-refractivity contribution in [3.05, 3.63) is 10.0 Å². The summed E-state index contributed by atoms with van der Waals surface area (Å²) in [5.41, 5.74) is -0.592. The summed E-state index contributed by atoms with van der Waals surface area (Å²) in [6, 6.07) is 2.08. The molecule has 1 aromatic rings. The number of aromatic nitrogens is 2. The van der Waals surface area contributed by atoms with Gasteiger partial charge < -0.3 is 0 Å². The predicted octanol–water partition coefficient (Wildman–Crippen LogP) is 2.03. The van der Waals surface area contributed by atoms with E-state index in [1.807, 2.05) is 0 Å². The lowest BCUT2D eigenvalue weighted by atomic mass is 10.1. The van der Waals surface area contributed by atoms with Crippen LogP contribution in [0.4, 0.5) is 8.78 Å². The standard InChI is InChI=1S/C7H5F2N3S/c8-4(9)5-11-12-6(13-5)7(3-10)1-2-7/h4H,1-2H2. The molecule has 0 spiro atoms. The number of alkyl halides is 2. The number of hydrogen-bond donors (Lipinski definition) is 0. The van der Waals surface area contributed by atoms with E-state index < -0.39 is 11.8 Å². The van der Waals surface area contributed by atoms with Crippen LogP contribution in [0.15, 0.2) is 0 Å². The minimum Gasteiger partial charge on any atom is -0.202 e. The molecule has 3 nitrogen and oxygen atoms in total. The van der Waals surface area contributed by atoms with Crippen molar-refractivity contribution >= 4 is 11.3 Å². The van der Waals surface area contributed by atoms with Gasteiger partial charge in [-0.05, 0) is 12.8 Å². The molecule has 0 unspecified atom stereocenters. The van der Waals surface area contributed by atoms with Gasteiger partial charge in [0.25, 0.3) is 6.43 Å². The molecule has 0 saturated heterocycles. The SMILES string of the molecule is N#CC1(c2nnc(C(F)F)s2)CC1. The molecule has 0 amide bonds. The molecule has 1 aliphatic carbocycles. The molecule has 1 aromatic heterocycles. The van der Waals surface area contributed by atoms with Gasteiger partial charge in [0.05, 0.1) is 6.07 Å². The lowest BCUT2D eigenvalue weighted by molar-refractivity contribution is 0.150. The van der Waals surface area contributed by atoms with E-state index in [0.717, 1.165) is 11.3 Å². The molecule has 1 fully saturated rings. The number of hydrogen-bond acceptors (Lipinski definition) is 4.